The molecule has 2 aliphatic heterocycles. The van der Waals surface area contributed by atoms with Gasteiger partial charge >= 0.3 is 0 Å². The van der Waals surface area contributed by atoms with Crippen molar-refractivity contribution in [1.29, 1.82) is 0 Å². The molecule has 19 heavy (non-hydrogen) atoms. The smallest absolute Gasteiger partial charge is 0.123 e. The summed E-state index contributed by atoms with van der Waals surface area (Å²) in [5.41, 5.74) is 2.77. The molecule has 1 aromatic rings. The Hall–Kier alpha value is -1.35. The van der Waals surface area contributed by atoms with Crippen LogP contribution in [-0.2, 0) is 9.53 Å². The van der Waals surface area contributed by atoms with E-state index in [0.717, 1.165) is 51.9 Å². The van der Waals surface area contributed by atoms with Crippen LogP contribution in [0.3, 0.4) is 0 Å². The molecule has 2 heterocycles. The average Bonchev–Trinajstić information content (AvgIpc) is 3.01. The van der Waals surface area contributed by atoms with Gasteiger partial charge in [0.15, 0.2) is 0 Å². The Morgan fingerprint density at radius 1 is 1.16 bits per heavy atom. The third-order valence-electron chi connectivity index (χ3n) is 4.38. The number of carbonyl (C=O) groups excluding carboxylic acids is 1. The fraction of sp³-hybridized carbons (Fsp3) is 0.562. The summed E-state index contributed by atoms with van der Waals surface area (Å²) in [6.07, 6.45) is 4.22. The number of nitrogens with zero attached hydrogens (tertiary/aromatic N) is 1. The summed E-state index contributed by atoms with van der Waals surface area (Å²) in [5.74, 6) is 0.804. The highest BCUT2D eigenvalue weighted by Gasteiger charge is 2.25. The van der Waals surface area contributed by atoms with Crippen molar-refractivity contribution in [3.05, 3.63) is 29.8 Å². The van der Waals surface area contributed by atoms with Crippen LogP contribution in [0.4, 0.5) is 5.69 Å². The maximum atomic E-state index is 10.8. The minimum atomic E-state index is 0.262. The summed E-state index contributed by atoms with van der Waals surface area (Å²) in [6.45, 7) is 3.72. The number of piperidine rings is 1. The Morgan fingerprint density at radius 2 is 1.95 bits per heavy atom. The molecule has 2 fully saturated rings. The highest BCUT2D eigenvalue weighted by molar-refractivity contribution is 5.58. The molecule has 1 unspecified atom stereocenters. The zero-order valence-corrected chi connectivity index (χ0v) is 11.3. The highest BCUT2D eigenvalue weighted by atomic mass is 16.5. The van der Waals surface area contributed by atoms with Gasteiger partial charge in [0.2, 0.25) is 0 Å². The van der Waals surface area contributed by atoms with Crippen LogP contribution in [0.15, 0.2) is 24.3 Å². The van der Waals surface area contributed by atoms with Crippen LogP contribution in [0.1, 0.15) is 30.7 Å². The second kappa shape index (κ2) is 5.74. The summed E-state index contributed by atoms with van der Waals surface area (Å²) in [7, 11) is 0. The number of anilines is 1. The molecule has 0 bridgehead atoms. The molecule has 2 aliphatic rings. The number of rotatable bonds is 3. The Balaban J connectivity index is 1.78. The predicted octanol–water partition coefficient (Wildman–Crippen LogP) is 2.61. The van der Waals surface area contributed by atoms with Gasteiger partial charge in [0.05, 0.1) is 6.61 Å². The molecule has 1 atom stereocenters. The van der Waals surface area contributed by atoms with E-state index >= 15 is 0 Å². The molecule has 3 nitrogen and oxygen atoms in total. The average molecular weight is 259 g/mol. The summed E-state index contributed by atoms with van der Waals surface area (Å²) in [6, 6.07) is 8.69. The van der Waals surface area contributed by atoms with Crippen molar-refractivity contribution in [2.75, 3.05) is 31.2 Å². The zero-order chi connectivity index (χ0) is 13.1. The molecule has 0 aromatic heterocycles. The largest absolute Gasteiger partial charge is 0.381 e. The monoisotopic (exact) mass is 259 g/mol. The first-order valence-electron chi connectivity index (χ1n) is 7.25. The van der Waals surface area contributed by atoms with Gasteiger partial charge in [0.25, 0.3) is 0 Å². The Labute approximate surface area is 114 Å². The van der Waals surface area contributed by atoms with Gasteiger partial charge in [0.1, 0.15) is 6.29 Å². The molecular weight excluding hydrogens is 238 g/mol. The summed E-state index contributed by atoms with van der Waals surface area (Å²) in [5, 5.41) is 0. The standard InChI is InChI=1S/C16H21NO2/c18-11-13-5-8-17(9-6-13)16-4-2-1-3-15(16)14-7-10-19-12-14/h1-4,11,13-14H,5-10,12H2. The van der Waals surface area contributed by atoms with Gasteiger partial charge in [-0.05, 0) is 30.9 Å². The first kappa shape index (κ1) is 12.7. The van der Waals surface area contributed by atoms with Gasteiger partial charge < -0.3 is 14.4 Å². The molecular formula is C16H21NO2. The summed E-state index contributed by atoms with van der Waals surface area (Å²) >= 11 is 0. The second-order valence-corrected chi connectivity index (χ2v) is 5.58. The topological polar surface area (TPSA) is 29.5 Å². The molecule has 2 saturated heterocycles. The lowest BCUT2D eigenvalue weighted by Crippen LogP contribution is -2.34. The van der Waals surface area contributed by atoms with Gasteiger partial charge in [0, 0.05) is 37.2 Å². The zero-order valence-electron chi connectivity index (χ0n) is 11.3. The number of hydrogen-bond donors (Lipinski definition) is 0. The first-order valence-corrected chi connectivity index (χ1v) is 7.25. The number of hydrogen-bond acceptors (Lipinski definition) is 3. The van der Waals surface area contributed by atoms with Gasteiger partial charge in [-0.1, -0.05) is 18.2 Å². The van der Waals surface area contributed by atoms with Crippen LogP contribution >= 0.6 is 0 Å². The molecule has 0 aliphatic carbocycles. The fourth-order valence-corrected chi connectivity index (χ4v) is 3.18. The van der Waals surface area contributed by atoms with Crippen LogP contribution in [0.2, 0.25) is 0 Å². The molecule has 0 spiro atoms. The van der Waals surface area contributed by atoms with Crippen molar-refractivity contribution in [3.63, 3.8) is 0 Å². The third kappa shape index (κ3) is 2.66. The van der Waals surface area contributed by atoms with Crippen molar-refractivity contribution in [2.24, 2.45) is 5.92 Å². The van der Waals surface area contributed by atoms with Crippen molar-refractivity contribution < 1.29 is 9.53 Å². The normalized spacial score (nSPS) is 24.6. The molecule has 1 aromatic carbocycles. The minimum absolute atomic E-state index is 0.262. The predicted molar refractivity (Wildman–Crippen MR) is 75.6 cm³/mol. The summed E-state index contributed by atoms with van der Waals surface area (Å²) < 4.78 is 5.52. The van der Waals surface area contributed by atoms with E-state index in [1.807, 2.05) is 0 Å². The van der Waals surface area contributed by atoms with E-state index in [9.17, 15) is 4.79 Å². The second-order valence-electron chi connectivity index (χ2n) is 5.58. The van der Waals surface area contributed by atoms with Crippen molar-refractivity contribution in [3.8, 4) is 0 Å². The van der Waals surface area contributed by atoms with Gasteiger partial charge in [-0.2, -0.15) is 0 Å². The van der Waals surface area contributed by atoms with Crippen molar-refractivity contribution in [2.45, 2.75) is 25.2 Å². The fourth-order valence-electron chi connectivity index (χ4n) is 3.18. The molecule has 0 radical (unpaired) electrons. The van der Waals surface area contributed by atoms with Crippen LogP contribution in [0, 0.1) is 5.92 Å². The van der Waals surface area contributed by atoms with E-state index in [0.29, 0.717) is 5.92 Å². The Bertz CT molecular complexity index is 432. The van der Waals surface area contributed by atoms with Crippen LogP contribution in [-0.4, -0.2) is 32.6 Å². The number of carbonyl (C=O) groups is 1. The lowest BCUT2D eigenvalue weighted by Gasteiger charge is -2.33. The van der Waals surface area contributed by atoms with E-state index < -0.39 is 0 Å². The van der Waals surface area contributed by atoms with E-state index in [-0.39, 0.29) is 5.92 Å². The molecule has 0 saturated carbocycles. The van der Waals surface area contributed by atoms with E-state index in [4.69, 9.17) is 4.74 Å². The molecule has 102 valence electrons. The lowest BCUT2D eigenvalue weighted by atomic mass is 9.93. The van der Waals surface area contributed by atoms with Gasteiger partial charge in [-0.25, -0.2) is 0 Å². The molecule has 3 rings (SSSR count). The maximum absolute atomic E-state index is 10.8. The van der Waals surface area contributed by atoms with Gasteiger partial charge in [-0.3, -0.25) is 0 Å². The van der Waals surface area contributed by atoms with Crippen LogP contribution < -0.4 is 4.90 Å². The van der Waals surface area contributed by atoms with E-state index in [1.165, 1.54) is 11.3 Å². The lowest BCUT2D eigenvalue weighted by molar-refractivity contribution is -0.111. The van der Waals surface area contributed by atoms with E-state index in [2.05, 4.69) is 29.2 Å². The van der Waals surface area contributed by atoms with E-state index in [1.54, 1.807) is 0 Å². The Morgan fingerprint density at radius 3 is 2.63 bits per heavy atom. The van der Waals surface area contributed by atoms with Gasteiger partial charge in [-0.15, -0.1) is 0 Å². The summed E-state index contributed by atoms with van der Waals surface area (Å²) in [4.78, 5) is 13.3. The minimum Gasteiger partial charge on any atom is -0.381 e. The van der Waals surface area contributed by atoms with Crippen LogP contribution in [0.5, 0.6) is 0 Å². The van der Waals surface area contributed by atoms with Crippen molar-refractivity contribution >= 4 is 12.0 Å². The number of para-hydroxylation sites is 1. The number of aldehydes is 1. The van der Waals surface area contributed by atoms with Crippen LogP contribution in [0.25, 0.3) is 0 Å². The quantitative estimate of drug-likeness (QED) is 0.781. The number of benzene rings is 1. The number of ether oxygens (including phenoxy) is 1. The molecule has 0 amide bonds. The van der Waals surface area contributed by atoms with Crippen molar-refractivity contribution in [1.82, 2.24) is 0 Å². The highest BCUT2D eigenvalue weighted by Crippen LogP contribution is 2.34. The molecule has 0 N–H and O–H groups in total. The first-order chi connectivity index (χ1) is 9.38. The Kier molecular flexibility index (Phi) is 3.83. The SMILES string of the molecule is O=CC1CCN(c2ccccc2C2CCOC2)CC1. The maximum Gasteiger partial charge on any atom is 0.123 e. The third-order valence-corrected chi connectivity index (χ3v) is 4.38. The molecule has 3 heteroatoms.